The maximum Gasteiger partial charge on any atom is 0.277 e. The van der Waals surface area contributed by atoms with Crippen LogP contribution in [0.15, 0.2) is 39.4 Å². The molecule has 5 N–H and O–H groups in total. The summed E-state index contributed by atoms with van der Waals surface area (Å²) in [4.78, 5) is 11.8. The van der Waals surface area contributed by atoms with Crippen molar-refractivity contribution in [2.45, 2.75) is 6.54 Å². The van der Waals surface area contributed by atoms with E-state index in [2.05, 4.69) is 20.3 Å². The Kier molecular flexibility index (Phi) is 5.77. The molecule has 2 aromatic heterocycles. The molecule has 0 aliphatic heterocycles. The number of nitrogens with two attached hydrogens (primary N) is 2. The Morgan fingerprint density at radius 2 is 1.96 bits per heavy atom. The molecule has 0 unspecified atom stereocenters. The number of anilines is 1. The number of nitrogens with one attached hydrogen (secondary N) is 1. The van der Waals surface area contributed by atoms with E-state index in [1.54, 1.807) is 18.2 Å². The fourth-order valence-corrected chi connectivity index (χ4v) is 2.83. The van der Waals surface area contributed by atoms with Gasteiger partial charge in [0.15, 0.2) is 5.76 Å². The molecule has 0 saturated carbocycles. The highest BCUT2D eigenvalue weighted by Crippen LogP contribution is 2.28. The predicted molar refractivity (Wildman–Crippen MR) is 95.7 cm³/mol. The van der Waals surface area contributed by atoms with Crippen LogP contribution in [0.25, 0.3) is 11.3 Å². The van der Waals surface area contributed by atoms with Crippen LogP contribution in [0.3, 0.4) is 0 Å². The third-order valence-electron chi connectivity index (χ3n) is 3.52. The topological polar surface area (TPSA) is 124 Å². The first-order valence-corrected chi connectivity index (χ1v) is 8.51. The van der Waals surface area contributed by atoms with Crippen molar-refractivity contribution in [3.8, 4) is 11.3 Å². The van der Waals surface area contributed by atoms with Crippen LogP contribution >= 0.6 is 23.2 Å². The van der Waals surface area contributed by atoms with Crippen molar-refractivity contribution in [2.24, 2.45) is 0 Å². The van der Waals surface area contributed by atoms with Crippen molar-refractivity contribution in [1.82, 2.24) is 15.6 Å². The van der Waals surface area contributed by atoms with Gasteiger partial charge in [-0.25, -0.2) is 4.63 Å². The van der Waals surface area contributed by atoms with Gasteiger partial charge in [-0.1, -0.05) is 23.2 Å². The largest absolute Gasteiger partial charge is 0.455 e. The first-order valence-electron chi connectivity index (χ1n) is 7.76. The number of hydrogen-bond donors (Lipinski definition) is 3. The van der Waals surface area contributed by atoms with Crippen molar-refractivity contribution in [2.75, 3.05) is 18.8 Å². The number of quaternary nitrogens is 1. The quantitative estimate of drug-likeness (QED) is 0.522. The molecule has 0 aliphatic carbocycles. The molecule has 10 heteroatoms. The van der Waals surface area contributed by atoms with Gasteiger partial charge >= 0.3 is 0 Å². The van der Waals surface area contributed by atoms with Gasteiger partial charge in [-0.3, -0.25) is 4.79 Å². The number of benzene rings is 1. The van der Waals surface area contributed by atoms with Gasteiger partial charge in [-0.2, -0.15) is 0 Å². The summed E-state index contributed by atoms with van der Waals surface area (Å²) >= 11 is 12.0. The molecule has 1 amide bonds. The highest BCUT2D eigenvalue weighted by atomic mass is 35.5. The lowest BCUT2D eigenvalue weighted by molar-refractivity contribution is -0.670. The number of rotatable bonds is 7. The van der Waals surface area contributed by atoms with Gasteiger partial charge < -0.3 is 20.8 Å². The van der Waals surface area contributed by atoms with E-state index >= 15 is 0 Å². The van der Waals surface area contributed by atoms with E-state index in [1.165, 1.54) is 0 Å². The standard InChI is InChI=1S/C16H15Cl2N5O3/c17-10-5-9(6-11(18)7-10)13-2-1-12(25-13)8-20-3-4-21-16(24)14-15(19)23-26-22-14/h1-2,5-7,20H,3-4,8H2,(H2,19,23)(H,21,24)/p+1. The van der Waals surface area contributed by atoms with Crippen LogP contribution in [0.1, 0.15) is 16.2 Å². The van der Waals surface area contributed by atoms with Crippen LogP contribution < -0.4 is 16.4 Å². The van der Waals surface area contributed by atoms with Gasteiger partial charge in [0, 0.05) is 15.6 Å². The summed E-state index contributed by atoms with van der Waals surface area (Å²) in [6, 6.07) is 9.01. The van der Waals surface area contributed by atoms with Crippen molar-refractivity contribution >= 4 is 34.9 Å². The molecule has 0 radical (unpaired) electrons. The third-order valence-corrected chi connectivity index (χ3v) is 3.95. The maximum absolute atomic E-state index is 11.8. The molecule has 0 bridgehead atoms. The predicted octanol–water partition coefficient (Wildman–Crippen LogP) is 1.71. The lowest BCUT2D eigenvalue weighted by Gasteiger charge is -2.02. The molecule has 26 heavy (non-hydrogen) atoms. The van der Waals surface area contributed by atoms with Crippen LogP contribution in [0.4, 0.5) is 5.82 Å². The molecule has 0 aliphatic rings. The minimum Gasteiger partial charge on any atom is -0.455 e. The van der Waals surface area contributed by atoms with Crippen LogP contribution in [-0.2, 0) is 6.54 Å². The normalized spacial score (nSPS) is 10.8. The van der Waals surface area contributed by atoms with E-state index in [1.807, 2.05) is 17.4 Å². The average molecular weight is 397 g/mol. The molecule has 3 rings (SSSR count). The Morgan fingerprint density at radius 3 is 2.65 bits per heavy atom. The zero-order valence-corrected chi connectivity index (χ0v) is 15.0. The van der Waals surface area contributed by atoms with Gasteiger partial charge in [-0.15, -0.1) is 0 Å². The Balaban J connectivity index is 1.45. The molecule has 0 atom stereocenters. The molecule has 1 aromatic carbocycles. The maximum atomic E-state index is 11.8. The highest BCUT2D eigenvalue weighted by Gasteiger charge is 2.15. The molecule has 3 aromatic rings. The number of aromatic nitrogens is 2. The monoisotopic (exact) mass is 396 g/mol. The third kappa shape index (κ3) is 4.54. The van der Waals surface area contributed by atoms with Gasteiger partial charge in [0.05, 0.1) is 13.1 Å². The van der Waals surface area contributed by atoms with Crippen LogP contribution in [0.2, 0.25) is 10.0 Å². The summed E-state index contributed by atoms with van der Waals surface area (Å²) in [7, 11) is 0. The Morgan fingerprint density at radius 1 is 1.19 bits per heavy atom. The summed E-state index contributed by atoms with van der Waals surface area (Å²) in [5.74, 6) is 1.04. The summed E-state index contributed by atoms with van der Waals surface area (Å²) in [5.41, 5.74) is 6.26. The van der Waals surface area contributed by atoms with E-state index in [4.69, 9.17) is 33.4 Å². The van der Waals surface area contributed by atoms with E-state index in [0.29, 0.717) is 35.4 Å². The number of carbonyl (C=O) groups excluding carboxylic acids is 1. The van der Waals surface area contributed by atoms with Crippen LogP contribution in [-0.4, -0.2) is 29.3 Å². The number of hydrogen-bond acceptors (Lipinski definition) is 6. The number of furan rings is 1. The SMILES string of the molecule is Nc1nonc1C(=O)NCC[NH2+]Cc1ccc(-c2cc(Cl)cc(Cl)c2)o1. The van der Waals surface area contributed by atoms with E-state index in [-0.39, 0.29) is 11.5 Å². The molecule has 8 nitrogen and oxygen atoms in total. The van der Waals surface area contributed by atoms with Crippen molar-refractivity contribution in [1.29, 1.82) is 0 Å². The van der Waals surface area contributed by atoms with Gasteiger partial charge in [0.2, 0.25) is 11.5 Å². The number of amides is 1. The van der Waals surface area contributed by atoms with E-state index < -0.39 is 5.91 Å². The summed E-state index contributed by atoms with van der Waals surface area (Å²) < 4.78 is 10.2. The molecule has 0 fully saturated rings. The van der Waals surface area contributed by atoms with Crippen molar-refractivity contribution in [3.05, 3.63) is 51.8 Å². The Hall–Kier alpha value is -2.55. The van der Waals surface area contributed by atoms with Crippen molar-refractivity contribution in [3.63, 3.8) is 0 Å². The number of halogens is 2. The number of carbonyl (C=O) groups is 1. The lowest BCUT2D eigenvalue weighted by atomic mass is 10.2. The first-order chi connectivity index (χ1) is 12.5. The van der Waals surface area contributed by atoms with Crippen LogP contribution in [0, 0.1) is 0 Å². The second-order valence-corrected chi connectivity index (χ2v) is 6.33. The second kappa shape index (κ2) is 8.22. The first kappa shape index (κ1) is 18.2. The molecule has 136 valence electrons. The highest BCUT2D eigenvalue weighted by molar-refractivity contribution is 6.35. The zero-order valence-electron chi connectivity index (χ0n) is 13.5. The molecule has 2 heterocycles. The second-order valence-electron chi connectivity index (χ2n) is 5.46. The number of nitrogen functional groups attached to an aromatic ring is 1. The summed E-state index contributed by atoms with van der Waals surface area (Å²) in [6.07, 6.45) is 0. The minimum atomic E-state index is -0.421. The fourth-order valence-electron chi connectivity index (χ4n) is 2.31. The van der Waals surface area contributed by atoms with Crippen LogP contribution in [0.5, 0.6) is 0 Å². The zero-order chi connectivity index (χ0) is 18.5. The van der Waals surface area contributed by atoms with E-state index in [9.17, 15) is 4.79 Å². The Bertz CT molecular complexity index is 889. The molecule has 0 saturated heterocycles. The number of nitrogens with zero attached hydrogens (tertiary/aromatic N) is 2. The smallest absolute Gasteiger partial charge is 0.277 e. The summed E-state index contributed by atoms with van der Waals surface area (Å²) in [6.45, 7) is 1.70. The molecular formula is C16H16Cl2N5O3+. The molecular weight excluding hydrogens is 381 g/mol. The van der Waals surface area contributed by atoms with Gasteiger partial charge in [0.1, 0.15) is 12.3 Å². The van der Waals surface area contributed by atoms with E-state index in [0.717, 1.165) is 11.3 Å². The Labute approximate surface area is 158 Å². The fraction of sp³-hybridized carbons (Fsp3) is 0.188. The minimum absolute atomic E-state index is 0.0131. The van der Waals surface area contributed by atoms with Gasteiger partial charge in [-0.05, 0) is 40.6 Å². The summed E-state index contributed by atoms with van der Waals surface area (Å²) in [5, 5.41) is 12.6. The van der Waals surface area contributed by atoms with Gasteiger partial charge in [0.25, 0.3) is 5.91 Å². The lowest BCUT2D eigenvalue weighted by Crippen LogP contribution is -2.84. The van der Waals surface area contributed by atoms with Crippen molar-refractivity contribution < 1.29 is 19.2 Å². The average Bonchev–Trinajstić information content (AvgIpc) is 3.22. The molecule has 0 spiro atoms.